The number of carbonyl (C=O) groups is 1. The van der Waals surface area contributed by atoms with Crippen molar-refractivity contribution in [2.45, 2.75) is 18.6 Å². The van der Waals surface area contributed by atoms with Crippen molar-refractivity contribution in [3.05, 3.63) is 64.5 Å². The van der Waals surface area contributed by atoms with Crippen molar-refractivity contribution < 1.29 is 4.79 Å². The number of amides is 1. The Hall–Kier alpha value is -2.20. The van der Waals surface area contributed by atoms with Gasteiger partial charge in [-0.05, 0) is 65.4 Å². The molecule has 1 amide bonds. The molecule has 0 saturated heterocycles. The number of pyridine rings is 1. The van der Waals surface area contributed by atoms with Crippen LogP contribution < -0.4 is 5.32 Å². The summed E-state index contributed by atoms with van der Waals surface area (Å²) < 4.78 is 3.08. The molecular formula is C19H18IN5OS. The fourth-order valence-corrected chi connectivity index (χ4v) is 3.88. The van der Waals surface area contributed by atoms with Gasteiger partial charge in [-0.1, -0.05) is 17.8 Å². The summed E-state index contributed by atoms with van der Waals surface area (Å²) in [5.74, 6) is 0.897. The molecule has 0 aliphatic rings. The molecule has 27 heavy (non-hydrogen) atoms. The number of aryl methyl sites for hydroxylation is 1. The molecule has 0 unspecified atom stereocenters. The van der Waals surface area contributed by atoms with Crippen molar-refractivity contribution in [2.75, 3.05) is 11.1 Å². The van der Waals surface area contributed by atoms with E-state index in [4.69, 9.17) is 0 Å². The third-order valence-electron chi connectivity index (χ3n) is 3.76. The molecule has 0 aliphatic heterocycles. The molecule has 0 radical (unpaired) electrons. The molecule has 2 aromatic heterocycles. The number of anilines is 1. The highest BCUT2D eigenvalue weighted by Gasteiger charge is 2.15. The van der Waals surface area contributed by atoms with Crippen LogP contribution in [-0.4, -0.2) is 31.4 Å². The zero-order valence-electron chi connectivity index (χ0n) is 14.7. The first-order valence-corrected chi connectivity index (χ1v) is 10.3. The first-order valence-electron chi connectivity index (χ1n) is 8.22. The first-order chi connectivity index (χ1) is 13.1. The number of carbonyl (C=O) groups excluding carboxylic acids is 1. The monoisotopic (exact) mass is 491 g/mol. The van der Waals surface area contributed by atoms with Gasteiger partial charge in [-0.15, -0.1) is 16.8 Å². The van der Waals surface area contributed by atoms with E-state index in [1.54, 1.807) is 18.5 Å². The molecule has 3 rings (SSSR count). The summed E-state index contributed by atoms with van der Waals surface area (Å²) in [4.78, 5) is 16.4. The zero-order chi connectivity index (χ0) is 19.2. The third-order valence-corrected chi connectivity index (χ3v) is 5.40. The molecule has 2 heterocycles. The van der Waals surface area contributed by atoms with Crippen molar-refractivity contribution in [3.63, 3.8) is 0 Å². The summed E-state index contributed by atoms with van der Waals surface area (Å²) >= 11 is 3.60. The maximum Gasteiger partial charge on any atom is 0.234 e. The fraction of sp³-hybridized carbons (Fsp3) is 0.158. The molecule has 1 N–H and O–H groups in total. The number of halogens is 1. The largest absolute Gasteiger partial charge is 0.325 e. The van der Waals surface area contributed by atoms with Gasteiger partial charge < -0.3 is 5.32 Å². The minimum absolute atomic E-state index is 0.0806. The number of thioether (sulfide) groups is 1. The molecule has 0 bridgehead atoms. The maximum absolute atomic E-state index is 12.3. The molecule has 0 saturated carbocycles. The zero-order valence-corrected chi connectivity index (χ0v) is 17.7. The van der Waals surface area contributed by atoms with E-state index in [1.165, 1.54) is 11.8 Å². The summed E-state index contributed by atoms with van der Waals surface area (Å²) in [5, 5.41) is 12.1. The lowest BCUT2D eigenvalue weighted by atomic mass is 10.2. The van der Waals surface area contributed by atoms with Crippen LogP contribution in [0, 0.1) is 10.5 Å². The highest BCUT2D eigenvalue weighted by Crippen LogP contribution is 2.24. The Morgan fingerprint density at radius 1 is 1.30 bits per heavy atom. The Kier molecular flexibility index (Phi) is 6.62. The van der Waals surface area contributed by atoms with Crippen LogP contribution in [-0.2, 0) is 11.3 Å². The van der Waals surface area contributed by atoms with E-state index in [9.17, 15) is 4.79 Å². The van der Waals surface area contributed by atoms with Crippen LogP contribution in [0.4, 0.5) is 5.69 Å². The lowest BCUT2D eigenvalue weighted by Crippen LogP contribution is -2.15. The van der Waals surface area contributed by atoms with Gasteiger partial charge in [0, 0.05) is 33.8 Å². The van der Waals surface area contributed by atoms with Gasteiger partial charge >= 0.3 is 0 Å². The van der Waals surface area contributed by atoms with Gasteiger partial charge in [0.05, 0.1) is 5.75 Å². The number of nitrogens with zero attached hydrogens (tertiary/aromatic N) is 4. The van der Waals surface area contributed by atoms with Gasteiger partial charge in [-0.3, -0.25) is 14.3 Å². The lowest BCUT2D eigenvalue weighted by molar-refractivity contribution is -0.113. The van der Waals surface area contributed by atoms with Crippen molar-refractivity contribution in [2.24, 2.45) is 0 Å². The summed E-state index contributed by atoms with van der Waals surface area (Å²) in [6.45, 7) is 6.34. The van der Waals surface area contributed by atoms with E-state index in [-0.39, 0.29) is 11.7 Å². The number of rotatable bonds is 7. The SMILES string of the molecule is C=CCn1c(SCC(=O)Nc2ccc(I)cc2C)nnc1-c1ccncc1. The molecule has 6 nitrogen and oxygen atoms in total. The minimum atomic E-state index is -0.0806. The van der Waals surface area contributed by atoms with Gasteiger partial charge in [0.1, 0.15) is 0 Å². The highest BCUT2D eigenvalue weighted by molar-refractivity contribution is 14.1. The number of allylic oxidation sites excluding steroid dienone is 1. The van der Waals surface area contributed by atoms with Crippen molar-refractivity contribution in [1.82, 2.24) is 19.7 Å². The smallest absolute Gasteiger partial charge is 0.234 e. The van der Waals surface area contributed by atoms with Crippen LogP contribution in [0.25, 0.3) is 11.4 Å². The molecule has 0 spiro atoms. The number of aromatic nitrogens is 4. The topological polar surface area (TPSA) is 72.7 Å². The van der Waals surface area contributed by atoms with Crippen LogP contribution in [0.15, 0.2) is 60.5 Å². The Labute approximate surface area is 175 Å². The average molecular weight is 491 g/mol. The van der Waals surface area contributed by atoms with Gasteiger partial charge in [0.25, 0.3) is 0 Å². The van der Waals surface area contributed by atoms with E-state index in [0.717, 1.165) is 26.2 Å². The average Bonchev–Trinajstić information content (AvgIpc) is 3.06. The van der Waals surface area contributed by atoms with Gasteiger partial charge in [0.15, 0.2) is 11.0 Å². The summed E-state index contributed by atoms with van der Waals surface area (Å²) in [5.41, 5.74) is 2.78. The first kappa shape index (κ1) is 19.6. The predicted molar refractivity (Wildman–Crippen MR) is 117 cm³/mol. The minimum Gasteiger partial charge on any atom is -0.325 e. The molecule has 0 aliphatic carbocycles. The second kappa shape index (κ2) is 9.14. The molecule has 1 aromatic carbocycles. The van der Waals surface area contributed by atoms with Crippen LogP contribution in [0.1, 0.15) is 5.56 Å². The summed E-state index contributed by atoms with van der Waals surface area (Å²) in [6.07, 6.45) is 5.21. The van der Waals surface area contributed by atoms with E-state index in [0.29, 0.717) is 11.7 Å². The lowest BCUT2D eigenvalue weighted by Gasteiger charge is -2.09. The van der Waals surface area contributed by atoms with Crippen molar-refractivity contribution in [1.29, 1.82) is 0 Å². The quantitative estimate of drug-likeness (QED) is 0.305. The molecule has 0 fully saturated rings. The van der Waals surface area contributed by atoms with Gasteiger partial charge in [0.2, 0.25) is 5.91 Å². The Morgan fingerprint density at radius 3 is 2.78 bits per heavy atom. The number of hydrogen-bond acceptors (Lipinski definition) is 5. The highest BCUT2D eigenvalue weighted by atomic mass is 127. The second-order valence-electron chi connectivity index (χ2n) is 5.74. The molecular weight excluding hydrogens is 473 g/mol. The normalized spacial score (nSPS) is 10.6. The Balaban J connectivity index is 1.71. The third kappa shape index (κ3) is 4.95. The predicted octanol–water partition coefficient (Wildman–Crippen LogP) is 4.17. The van der Waals surface area contributed by atoms with Crippen LogP contribution in [0.2, 0.25) is 0 Å². The maximum atomic E-state index is 12.3. The molecule has 138 valence electrons. The number of nitrogens with one attached hydrogen (secondary N) is 1. The van der Waals surface area contributed by atoms with Crippen molar-refractivity contribution >= 4 is 45.9 Å². The van der Waals surface area contributed by atoms with E-state index >= 15 is 0 Å². The second-order valence-corrected chi connectivity index (χ2v) is 7.93. The summed E-state index contributed by atoms with van der Waals surface area (Å²) in [6, 6.07) is 9.68. The molecule has 3 aromatic rings. The van der Waals surface area contributed by atoms with E-state index in [2.05, 4.69) is 49.7 Å². The number of benzene rings is 1. The molecule has 8 heteroatoms. The van der Waals surface area contributed by atoms with Crippen LogP contribution >= 0.6 is 34.4 Å². The summed E-state index contributed by atoms with van der Waals surface area (Å²) in [7, 11) is 0. The van der Waals surface area contributed by atoms with Gasteiger partial charge in [-0.25, -0.2) is 0 Å². The standard InChI is InChI=1S/C19H18IN5OS/c1-3-10-25-18(14-6-8-21-9-7-14)23-24-19(25)27-12-17(26)22-16-5-4-15(20)11-13(16)2/h3-9,11H,1,10,12H2,2H3,(H,22,26). The molecule has 0 atom stereocenters. The Morgan fingerprint density at radius 2 is 2.07 bits per heavy atom. The van der Waals surface area contributed by atoms with Gasteiger partial charge in [-0.2, -0.15) is 0 Å². The number of hydrogen-bond donors (Lipinski definition) is 1. The van der Waals surface area contributed by atoms with Crippen molar-refractivity contribution in [3.8, 4) is 11.4 Å². The Bertz CT molecular complexity index is 958. The van der Waals surface area contributed by atoms with E-state index < -0.39 is 0 Å². The van der Waals surface area contributed by atoms with E-state index in [1.807, 2.05) is 41.8 Å². The van der Waals surface area contributed by atoms with Crippen LogP contribution in [0.5, 0.6) is 0 Å². The fourth-order valence-electron chi connectivity index (χ4n) is 2.49. The van der Waals surface area contributed by atoms with Crippen LogP contribution in [0.3, 0.4) is 0 Å².